The topological polar surface area (TPSA) is 56.2 Å². The first-order valence-electron chi connectivity index (χ1n) is 5.40. The molecule has 0 saturated heterocycles. The predicted octanol–water partition coefficient (Wildman–Crippen LogP) is 3.41. The number of hydrogen-bond acceptors (Lipinski definition) is 2. The van der Waals surface area contributed by atoms with Crippen molar-refractivity contribution in [1.29, 1.82) is 0 Å². The number of halogens is 1. The van der Waals surface area contributed by atoms with Gasteiger partial charge in [0.1, 0.15) is 11.5 Å². The first-order chi connectivity index (χ1) is 8.56. The van der Waals surface area contributed by atoms with Crippen molar-refractivity contribution in [2.45, 2.75) is 6.92 Å². The van der Waals surface area contributed by atoms with Gasteiger partial charge in [-0.15, -0.1) is 0 Å². The summed E-state index contributed by atoms with van der Waals surface area (Å²) in [4.78, 5) is 10.6. The zero-order valence-corrected chi connectivity index (χ0v) is 10.6. The van der Waals surface area contributed by atoms with Crippen molar-refractivity contribution in [3.63, 3.8) is 0 Å². The number of amides is 1. The highest BCUT2D eigenvalue weighted by atomic mass is 35.5. The molecule has 0 bridgehead atoms. The molecule has 0 atom stereocenters. The minimum absolute atomic E-state index is 0.504. The lowest BCUT2D eigenvalue weighted by molar-refractivity contribution is -0.113. The number of benzene rings is 1. The number of rotatable bonds is 3. The molecule has 0 aliphatic heterocycles. The van der Waals surface area contributed by atoms with E-state index in [9.17, 15) is 4.79 Å². The summed E-state index contributed by atoms with van der Waals surface area (Å²) >= 11 is 5.90. The summed E-state index contributed by atoms with van der Waals surface area (Å²) in [7, 11) is 0. The fraction of sp³-hybridized carbons (Fsp3) is 0.0714. The van der Waals surface area contributed by atoms with E-state index < -0.39 is 5.91 Å². The number of furan rings is 1. The maximum Gasteiger partial charge on any atom is 0.241 e. The van der Waals surface area contributed by atoms with Crippen LogP contribution in [-0.4, -0.2) is 5.91 Å². The molecule has 92 valence electrons. The van der Waals surface area contributed by atoms with Crippen LogP contribution in [0.3, 0.4) is 0 Å². The number of hydrogen-bond donors (Lipinski definition) is 1. The van der Waals surface area contributed by atoms with E-state index in [4.69, 9.17) is 21.8 Å². The maximum absolute atomic E-state index is 10.6. The molecule has 2 aromatic rings. The molecule has 0 radical (unpaired) electrons. The predicted molar refractivity (Wildman–Crippen MR) is 72.1 cm³/mol. The van der Waals surface area contributed by atoms with Crippen molar-refractivity contribution in [2.24, 2.45) is 5.73 Å². The number of aryl methyl sites for hydroxylation is 1. The second kappa shape index (κ2) is 5.10. The minimum Gasteiger partial charge on any atom is -0.457 e. The molecular weight excluding hydrogens is 250 g/mol. The number of carbonyl (C=O) groups is 1. The van der Waals surface area contributed by atoms with Gasteiger partial charge in [-0.3, -0.25) is 4.79 Å². The Balaban J connectivity index is 2.32. The molecule has 18 heavy (non-hydrogen) atoms. The molecule has 0 aliphatic rings. The Morgan fingerprint density at radius 3 is 2.78 bits per heavy atom. The average molecular weight is 262 g/mol. The SMILES string of the molecule is Cc1cc(Cl)ccc1-c1ccc(/C=C/C(N)=O)o1. The molecule has 0 fully saturated rings. The monoisotopic (exact) mass is 261 g/mol. The van der Waals surface area contributed by atoms with Crippen LogP contribution in [0.25, 0.3) is 17.4 Å². The van der Waals surface area contributed by atoms with Crippen LogP contribution in [0.15, 0.2) is 40.8 Å². The third-order valence-electron chi connectivity index (χ3n) is 2.49. The van der Waals surface area contributed by atoms with Gasteiger partial charge in [0.05, 0.1) is 0 Å². The Hall–Kier alpha value is -2.00. The maximum atomic E-state index is 10.6. The summed E-state index contributed by atoms with van der Waals surface area (Å²) < 4.78 is 5.60. The highest BCUT2D eigenvalue weighted by Crippen LogP contribution is 2.27. The van der Waals surface area contributed by atoms with Crippen LogP contribution >= 0.6 is 11.6 Å². The minimum atomic E-state index is -0.504. The Morgan fingerprint density at radius 2 is 2.11 bits per heavy atom. The van der Waals surface area contributed by atoms with Gasteiger partial charge in [0, 0.05) is 16.7 Å². The Bertz CT molecular complexity index is 614. The van der Waals surface area contributed by atoms with Gasteiger partial charge in [0.2, 0.25) is 5.91 Å². The van der Waals surface area contributed by atoms with E-state index in [1.54, 1.807) is 6.07 Å². The first kappa shape index (κ1) is 12.5. The standard InChI is InChI=1S/C14H12ClNO2/c1-9-8-10(15)2-5-12(9)13-6-3-11(18-13)4-7-14(16)17/h2-8H,1H3,(H2,16,17)/b7-4+. The number of primary amides is 1. The van der Waals surface area contributed by atoms with Gasteiger partial charge in [-0.05, 0) is 48.9 Å². The summed E-state index contributed by atoms with van der Waals surface area (Å²) in [5.41, 5.74) is 7.02. The Labute approximate surface area is 110 Å². The van der Waals surface area contributed by atoms with Crippen LogP contribution in [0.1, 0.15) is 11.3 Å². The molecule has 4 heteroatoms. The van der Waals surface area contributed by atoms with Crippen LogP contribution in [-0.2, 0) is 4.79 Å². The van der Waals surface area contributed by atoms with Crippen molar-refractivity contribution >= 4 is 23.6 Å². The van der Waals surface area contributed by atoms with Crippen molar-refractivity contribution in [1.82, 2.24) is 0 Å². The van der Waals surface area contributed by atoms with Crippen LogP contribution < -0.4 is 5.73 Å². The van der Waals surface area contributed by atoms with E-state index in [1.807, 2.05) is 31.2 Å². The molecule has 1 aromatic heterocycles. The third-order valence-corrected chi connectivity index (χ3v) is 2.73. The summed E-state index contributed by atoms with van der Waals surface area (Å²) in [5.74, 6) is 0.807. The summed E-state index contributed by atoms with van der Waals surface area (Å²) in [6, 6.07) is 9.21. The van der Waals surface area contributed by atoms with Gasteiger partial charge in [-0.2, -0.15) is 0 Å². The van der Waals surface area contributed by atoms with Gasteiger partial charge >= 0.3 is 0 Å². The van der Waals surface area contributed by atoms with E-state index >= 15 is 0 Å². The van der Waals surface area contributed by atoms with E-state index in [0.717, 1.165) is 16.9 Å². The highest BCUT2D eigenvalue weighted by Gasteiger charge is 2.06. The Kier molecular flexibility index (Phi) is 3.53. The van der Waals surface area contributed by atoms with Crippen molar-refractivity contribution < 1.29 is 9.21 Å². The van der Waals surface area contributed by atoms with Crippen molar-refractivity contribution in [2.75, 3.05) is 0 Å². The van der Waals surface area contributed by atoms with E-state index in [1.165, 1.54) is 12.2 Å². The normalized spacial score (nSPS) is 11.0. The lowest BCUT2D eigenvalue weighted by Crippen LogP contribution is -2.04. The lowest BCUT2D eigenvalue weighted by Gasteiger charge is -2.02. The number of carbonyl (C=O) groups excluding carboxylic acids is 1. The van der Waals surface area contributed by atoms with Crippen LogP contribution in [0.5, 0.6) is 0 Å². The lowest BCUT2D eigenvalue weighted by atomic mass is 10.1. The van der Waals surface area contributed by atoms with Gasteiger partial charge in [0.25, 0.3) is 0 Å². The largest absolute Gasteiger partial charge is 0.457 e. The second-order valence-corrected chi connectivity index (χ2v) is 4.33. The van der Waals surface area contributed by atoms with Gasteiger partial charge in [-0.1, -0.05) is 11.6 Å². The smallest absolute Gasteiger partial charge is 0.241 e. The summed E-state index contributed by atoms with van der Waals surface area (Å²) in [6.07, 6.45) is 2.80. The number of nitrogens with two attached hydrogens (primary N) is 1. The highest BCUT2D eigenvalue weighted by molar-refractivity contribution is 6.30. The van der Waals surface area contributed by atoms with E-state index in [-0.39, 0.29) is 0 Å². The average Bonchev–Trinajstić information content (AvgIpc) is 2.75. The Morgan fingerprint density at radius 1 is 1.33 bits per heavy atom. The first-order valence-corrected chi connectivity index (χ1v) is 5.78. The quantitative estimate of drug-likeness (QED) is 0.861. The molecule has 0 aliphatic carbocycles. The molecular formula is C14H12ClNO2. The van der Waals surface area contributed by atoms with E-state index in [2.05, 4.69) is 0 Å². The molecule has 2 N–H and O–H groups in total. The fourth-order valence-corrected chi connectivity index (χ4v) is 1.88. The van der Waals surface area contributed by atoms with Crippen LogP contribution in [0, 0.1) is 6.92 Å². The molecule has 1 amide bonds. The molecule has 0 unspecified atom stereocenters. The molecule has 0 saturated carbocycles. The van der Waals surface area contributed by atoms with Gasteiger partial charge in [0.15, 0.2) is 0 Å². The zero-order chi connectivity index (χ0) is 13.1. The summed E-state index contributed by atoms with van der Waals surface area (Å²) in [5, 5.41) is 0.691. The molecule has 0 spiro atoms. The molecule has 3 nitrogen and oxygen atoms in total. The van der Waals surface area contributed by atoms with Crippen LogP contribution in [0.2, 0.25) is 5.02 Å². The molecule has 2 rings (SSSR count). The zero-order valence-electron chi connectivity index (χ0n) is 9.81. The van der Waals surface area contributed by atoms with E-state index in [0.29, 0.717) is 10.8 Å². The molecule has 1 aromatic carbocycles. The van der Waals surface area contributed by atoms with Gasteiger partial charge in [-0.25, -0.2) is 0 Å². The van der Waals surface area contributed by atoms with Crippen molar-refractivity contribution in [3.05, 3.63) is 52.8 Å². The van der Waals surface area contributed by atoms with Gasteiger partial charge < -0.3 is 10.2 Å². The molecule has 1 heterocycles. The fourth-order valence-electron chi connectivity index (χ4n) is 1.65. The second-order valence-electron chi connectivity index (χ2n) is 3.90. The third kappa shape index (κ3) is 2.81. The van der Waals surface area contributed by atoms with Crippen molar-refractivity contribution in [3.8, 4) is 11.3 Å². The van der Waals surface area contributed by atoms with Crippen LogP contribution in [0.4, 0.5) is 0 Å². The summed E-state index contributed by atoms with van der Waals surface area (Å²) in [6.45, 7) is 1.96.